The number of rotatable bonds is 4. The maximum Gasteiger partial charge on any atom is 0.329 e. The minimum Gasteiger partial charge on any atom is -0.480 e. The van der Waals surface area contributed by atoms with Crippen molar-refractivity contribution in [3.63, 3.8) is 0 Å². The third kappa shape index (κ3) is 2.95. The lowest BCUT2D eigenvalue weighted by molar-refractivity contribution is -0.143. The van der Waals surface area contributed by atoms with Gasteiger partial charge in [0.2, 0.25) is 0 Å². The van der Waals surface area contributed by atoms with Gasteiger partial charge in [0.15, 0.2) is 5.76 Å². The maximum absolute atomic E-state index is 12.2. The summed E-state index contributed by atoms with van der Waals surface area (Å²) in [5.74, 6) is -1.51. The van der Waals surface area contributed by atoms with E-state index >= 15 is 0 Å². The molecule has 1 amide bonds. The standard InChI is InChI=1S/C15H16BrNO4/c1-4-15(3,14(19)20)17-13(18)11-7-9-6-10(16)5-8(2)12(9)21-11/h5-7H,4H2,1-3H3,(H,17,18)(H,19,20). The van der Waals surface area contributed by atoms with Crippen molar-refractivity contribution in [2.24, 2.45) is 0 Å². The monoisotopic (exact) mass is 353 g/mol. The molecule has 6 heteroatoms. The van der Waals surface area contributed by atoms with Crippen molar-refractivity contribution in [2.75, 3.05) is 0 Å². The molecule has 5 nitrogen and oxygen atoms in total. The van der Waals surface area contributed by atoms with Crippen LogP contribution in [0.2, 0.25) is 0 Å². The third-order valence-corrected chi connectivity index (χ3v) is 4.02. The summed E-state index contributed by atoms with van der Waals surface area (Å²) >= 11 is 3.39. The van der Waals surface area contributed by atoms with Crippen LogP contribution >= 0.6 is 15.9 Å². The number of carboxylic acids is 1. The lowest BCUT2D eigenvalue weighted by atomic mass is 9.99. The van der Waals surface area contributed by atoms with Gasteiger partial charge in [0.25, 0.3) is 5.91 Å². The zero-order chi connectivity index (χ0) is 15.8. The minimum atomic E-state index is -1.31. The van der Waals surface area contributed by atoms with Gasteiger partial charge >= 0.3 is 5.97 Å². The van der Waals surface area contributed by atoms with Crippen molar-refractivity contribution in [1.82, 2.24) is 5.32 Å². The Morgan fingerprint density at radius 1 is 1.38 bits per heavy atom. The van der Waals surface area contributed by atoms with Gasteiger partial charge in [0.05, 0.1) is 0 Å². The zero-order valence-electron chi connectivity index (χ0n) is 12.0. The predicted molar refractivity (Wildman–Crippen MR) is 82.4 cm³/mol. The molecule has 2 aromatic rings. The molecule has 1 heterocycles. The first-order valence-electron chi connectivity index (χ1n) is 6.52. The molecule has 0 saturated carbocycles. The highest BCUT2D eigenvalue weighted by atomic mass is 79.9. The summed E-state index contributed by atoms with van der Waals surface area (Å²) in [7, 11) is 0. The molecule has 0 fully saturated rings. The van der Waals surface area contributed by atoms with Gasteiger partial charge in [-0.1, -0.05) is 22.9 Å². The summed E-state index contributed by atoms with van der Waals surface area (Å²) < 4.78 is 6.45. The van der Waals surface area contributed by atoms with Crippen LogP contribution in [-0.2, 0) is 4.79 Å². The number of aliphatic carboxylic acids is 1. The van der Waals surface area contributed by atoms with Gasteiger partial charge in [-0.25, -0.2) is 4.79 Å². The molecule has 21 heavy (non-hydrogen) atoms. The van der Waals surface area contributed by atoms with Gasteiger partial charge in [0, 0.05) is 9.86 Å². The fraction of sp³-hybridized carbons (Fsp3) is 0.333. The van der Waals surface area contributed by atoms with E-state index in [1.54, 1.807) is 13.0 Å². The largest absolute Gasteiger partial charge is 0.480 e. The highest BCUT2D eigenvalue weighted by Gasteiger charge is 2.33. The van der Waals surface area contributed by atoms with E-state index in [9.17, 15) is 14.7 Å². The second kappa shape index (κ2) is 5.52. The number of hydrogen-bond donors (Lipinski definition) is 2. The topological polar surface area (TPSA) is 79.5 Å². The first kappa shape index (κ1) is 15.6. The fourth-order valence-corrected chi connectivity index (χ4v) is 2.59. The normalized spacial score (nSPS) is 13.9. The van der Waals surface area contributed by atoms with Gasteiger partial charge < -0.3 is 14.8 Å². The number of carbonyl (C=O) groups is 2. The molecule has 0 saturated heterocycles. The van der Waals surface area contributed by atoms with Crippen molar-refractivity contribution < 1.29 is 19.1 Å². The van der Waals surface area contributed by atoms with Crippen LogP contribution in [0.4, 0.5) is 0 Å². The van der Waals surface area contributed by atoms with Gasteiger partial charge in [-0.3, -0.25) is 4.79 Å². The van der Waals surface area contributed by atoms with Crippen LogP contribution in [0.3, 0.4) is 0 Å². The molecule has 0 radical (unpaired) electrons. The molecule has 0 bridgehead atoms. The quantitative estimate of drug-likeness (QED) is 0.881. The van der Waals surface area contributed by atoms with Crippen molar-refractivity contribution in [2.45, 2.75) is 32.7 Å². The van der Waals surface area contributed by atoms with Crippen LogP contribution in [-0.4, -0.2) is 22.5 Å². The molecule has 0 aliphatic heterocycles. The number of amides is 1. The first-order chi connectivity index (χ1) is 9.76. The molecule has 0 aliphatic rings. The number of carbonyl (C=O) groups excluding carboxylic acids is 1. The Hall–Kier alpha value is -1.82. The highest BCUT2D eigenvalue weighted by molar-refractivity contribution is 9.10. The maximum atomic E-state index is 12.2. The van der Waals surface area contributed by atoms with Crippen LogP contribution in [0.1, 0.15) is 36.4 Å². The van der Waals surface area contributed by atoms with Crippen LogP contribution in [0, 0.1) is 6.92 Å². The number of fused-ring (bicyclic) bond motifs is 1. The molecule has 1 unspecified atom stereocenters. The summed E-state index contributed by atoms with van der Waals surface area (Å²) in [5, 5.41) is 12.5. The molecule has 112 valence electrons. The van der Waals surface area contributed by atoms with Gasteiger partial charge in [-0.15, -0.1) is 0 Å². The Morgan fingerprint density at radius 3 is 2.62 bits per heavy atom. The Balaban J connectivity index is 2.36. The third-order valence-electron chi connectivity index (χ3n) is 3.56. The SMILES string of the molecule is CCC(C)(NC(=O)c1cc2cc(Br)cc(C)c2o1)C(=O)O. The Bertz CT molecular complexity index is 722. The van der Waals surface area contributed by atoms with Crippen LogP contribution in [0.5, 0.6) is 0 Å². The molecule has 2 N–H and O–H groups in total. The number of nitrogens with one attached hydrogen (secondary N) is 1. The summed E-state index contributed by atoms with van der Waals surface area (Å²) in [5.41, 5.74) is 0.206. The highest BCUT2D eigenvalue weighted by Crippen LogP contribution is 2.27. The number of aryl methyl sites for hydroxylation is 1. The summed E-state index contributed by atoms with van der Waals surface area (Å²) in [4.78, 5) is 23.4. The Labute approximate surface area is 130 Å². The molecule has 1 aromatic heterocycles. The second-order valence-corrected chi connectivity index (χ2v) is 6.11. The minimum absolute atomic E-state index is 0.104. The van der Waals surface area contributed by atoms with Crippen molar-refractivity contribution >= 4 is 38.8 Å². The molecule has 2 rings (SSSR count). The molecule has 1 aromatic carbocycles. The van der Waals surface area contributed by atoms with E-state index in [2.05, 4.69) is 21.2 Å². The lowest BCUT2D eigenvalue weighted by Gasteiger charge is -2.23. The van der Waals surface area contributed by atoms with E-state index in [-0.39, 0.29) is 12.2 Å². The number of benzene rings is 1. The van der Waals surface area contributed by atoms with Crippen LogP contribution < -0.4 is 5.32 Å². The second-order valence-electron chi connectivity index (χ2n) is 5.20. The number of hydrogen-bond acceptors (Lipinski definition) is 3. The fourth-order valence-electron chi connectivity index (χ4n) is 2.00. The van der Waals surface area contributed by atoms with Crippen molar-refractivity contribution in [1.29, 1.82) is 0 Å². The van der Waals surface area contributed by atoms with E-state index < -0.39 is 17.4 Å². The average molecular weight is 354 g/mol. The van der Waals surface area contributed by atoms with Gasteiger partial charge in [0.1, 0.15) is 11.1 Å². The van der Waals surface area contributed by atoms with E-state index in [0.29, 0.717) is 5.58 Å². The number of furan rings is 1. The van der Waals surface area contributed by atoms with E-state index in [1.807, 2.05) is 19.1 Å². The van der Waals surface area contributed by atoms with Gasteiger partial charge in [-0.05, 0) is 44.0 Å². The molecular formula is C15H16BrNO4. The van der Waals surface area contributed by atoms with Crippen LogP contribution in [0.25, 0.3) is 11.0 Å². The van der Waals surface area contributed by atoms with E-state index in [1.165, 1.54) is 6.92 Å². The zero-order valence-corrected chi connectivity index (χ0v) is 13.6. The summed E-state index contributed by atoms with van der Waals surface area (Å²) in [6.45, 7) is 5.05. The molecule has 0 aliphatic carbocycles. The van der Waals surface area contributed by atoms with E-state index in [0.717, 1.165) is 15.4 Å². The summed E-state index contributed by atoms with van der Waals surface area (Å²) in [6.07, 6.45) is 0.277. The van der Waals surface area contributed by atoms with Crippen LogP contribution in [0.15, 0.2) is 27.1 Å². The smallest absolute Gasteiger partial charge is 0.329 e. The predicted octanol–water partition coefficient (Wildman–Crippen LogP) is 3.49. The van der Waals surface area contributed by atoms with Crippen molar-refractivity contribution in [3.8, 4) is 0 Å². The van der Waals surface area contributed by atoms with E-state index in [4.69, 9.17) is 4.42 Å². The molecule has 1 atom stereocenters. The Kier molecular flexibility index (Phi) is 4.09. The Morgan fingerprint density at radius 2 is 2.05 bits per heavy atom. The van der Waals surface area contributed by atoms with Crippen molar-refractivity contribution in [3.05, 3.63) is 34.0 Å². The summed E-state index contributed by atoms with van der Waals surface area (Å²) in [6, 6.07) is 5.35. The average Bonchev–Trinajstić information content (AvgIpc) is 2.82. The lowest BCUT2D eigenvalue weighted by Crippen LogP contribution is -2.51. The number of carboxylic acid groups (broad SMARTS) is 1. The molecular weight excluding hydrogens is 338 g/mol. The number of halogens is 1. The van der Waals surface area contributed by atoms with Gasteiger partial charge in [-0.2, -0.15) is 0 Å². The molecule has 0 spiro atoms. The first-order valence-corrected chi connectivity index (χ1v) is 7.31.